The molecule has 0 heterocycles. The smallest absolute Gasteiger partial charge is 0.166 e. The molecular formula is C23H26F2. The number of allylic oxidation sites excluding steroid dienone is 3. The molecule has 2 aromatic rings. The third-order valence-electron chi connectivity index (χ3n) is 5.44. The molecule has 1 fully saturated rings. The summed E-state index contributed by atoms with van der Waals surface area (Å²) in [5, 5.41) is 1.19. The molecule has 0 bridgehead atoms. The van der Waals surface area contributed by atoms with Crippen LogP contribution in [0.1, 0.15) is 56.1 Å². The lowest BCUT2D eigenvalue weighted by molar-refractivity contribution is 0.376. The van der Waals surface area contributed by atoms with Crippen LogP contribution in [0.5, 0.6) is 0 Å². The van der Waals surface area contributed by atoms with Crippen LogP contribution in [-0.2, 0) is 6.42 Å². The van der Waals surface area contributed by atoms with Crippen molar-refractivity contribution in [2.24, 2.45) is 5.92 Å². The lowest BCUT2D eigenvalue weighted by atomic mass is 9.78. The molecular weight excluding hydrogens is 314 g/mol. The first-order valence-corrected chi connectivity index (χ1v) is 9.28. The molecule has 2 heteroatoms. The van der Waals surface area contributed by atoms with Crippen LogP contribution in [0, 0.1) is 17.6 Å². The Kier molecular flexibility index (Phi) is 5.67. The highest BCUT2D eigenvalue weighted by Crippen LogP contribution is 2.38. The van der Waals surface area contributed by atoms with Gasteiger partial charge in [0.25, 0.3) is 0 Å². The minimum Gasteiger partial charge on any atom is -0.203 e. The van der Waals surface area contributed by atoms with Crippen molar-refractivity contribution in [3.8, 4) is 0 Å². The molecule has 0 nitrogen and oxygen atoms in total. The zero-order valence-corrected chi connectivity index (χ0v) is 14.9. The summed E-state index contributed by atoms with van der Waals surface area (Å²) in [5.41, 5.74) is 1.58. The van der Waals surface area contributed by atoms with Crippen LogP contribution in [0.2, 0.25) is 0 Å². The normalized spacial score (nSPS) is 21.1. The second-order valence-electron chi connectivity index (χ2n) is 7.11. The Bertz CT molecular complexity index is 780. The third kappa shape index (κ3) is 3.84. The highest BCUT2D eigenvalue weighted by Gasteiger charge is 2.22. The predicted molar refractivity (Wildman–Crippen MR) is 102 cm³/mol. The summed E-state index contributed by atoms with van der Waals surface area (Å²) in [6.07, 6.45) is 11.8. The Balaban J connectivity index is 1.87. The lowest BCUT2D eigenvalue weighted by Gasteiger charge is -2.27. The van der Waals surface area contributed by atoms with Crippen LogP contribution in [0.4, 0.5) is 8.78 Å². The molecule has 0 atom stereocenters. The lowest BCUT2D eigenvalue weighted by Crippen LogP contribution is -2.11. The maximum Gasteiger partial charge on any atom is 0.166 e. The fraction of sp³-hybridized carbons (Fsp3) is 0.391. The van der Waals surface area contributed by atoms with Crippen LogP contribution in [-0.4, -0.2) is 0 Å². The first-order valence-electron chi connectivity index (χ1n) is 9.28. The highest BCUT2D eigenvalue weighted by molar-refractivity contribution is 5.85. The summed E-state index contributed by atoms with van der Waals surface area (Å²) >= 11 is 0. The predicted octanol–water partition coefficient (Wildman–Crippen LogP) is 7.09. The largest absolute Gasteiger partial charge is 0.203 e. The first-order chi connectivity index (χ1) is 12.1. The summed E-state index contributed by atoms with van der Waals surface area (Å²) < 4.78 is 28.9. The van der Waals surface area contributed by atoms with Gasteiger partial charge in [0.05, 0.1) is 0 Å². The van der Waals surface area contributed by atoms with Gasteiger partial charge in [0.2, 0.25) is 0 Å². The summed E-state index contributed by atoms with van der Waals surface area (Å²) in [6.45, 7) is 5.72. The molecule has 0 saturated heterocycles. The van der Waals surface area contributed by atoms with Crippen molar-refractivity contribution in [2.75, 3.05) is 0 Å². The topological polar surface area (TPSA) is 0 Å². The Morgan fingerprint density at radius 2 is 1.84 bits per heavy atom. The molecule has 0 spiro atoms. The molecule has 0 aromatic heterocycles. The van der Waals surface area contributed by atoms with Crippen LogP contribution in [0.15, 0.2) is 49.1 Å². The van der Waals surface area contributed by atoms with E-state index in [1.54, 1.807) is 12.1 Å². The van der Waals surface area contributed by atoms with Gasteiger partial charge in [-0.3, -0.25) is 0 Å². The maximum atomic E-state index is 14.6. The van der Waals surface area contributed by atoms with Crippen molar-refractivity contribution in [1.29, 1.82) is 0 Å². The average Bonchev–Trinajstić information content (AvgIpc) is 2.64. The zero-order valence-electron chi connectivity index (χ0n) is 14.9. The van der Waals surface area contributed by atoms with Gasteiger partial charge in [-0.25, -0.2) is 8.78 Å². The number of aryl methyl sites for hydroxylation is 1. The SMILES string of the molecule is C=CCCc1cc2ccc(C3CCC(/C=C/C)CC3)cc2c(F)c1F. The van der Waals surface area contributed by atoms with E-state index >= 15 is 0 Å². The van der Waals surface area contributed by atoms with E-state index < -0.39 is 11.6 Å². The average molecular weight is 340 g/mol. The summed E-state index contributed by atoms with van der Waals surface area (Å²) in [5.74, 6) is -0.290. The van der Waals surface area contributed by atoms with Crippen molar-refractivity contribution in [1.82, 2.24) is 0 Å². The van der Waals surface area contributed by atoms with Crippen molar-refractivity contribution in [3.05, 3.63) is 71.8 Å². The van der Waals surface area contributed by atoms with E-state index in [2.05, 4.69) is 31.7 Å². The van der Waals surface area contributed by atoms with Crippen molar-refractivity contribution < 1.29 is 8.78 Å². The van der Waals surface area contributed by atoms with Gasteiger partial charge in [-0.2, -0.15) is 0 Å². The minimum atomic E-state index is -0.707. The van der Waals surface area contributed by atoms with E-state index in [1.165, 1.54) is 12.8 Å². The Labute approximate surface area is 149 Å². The van der Waals surface area contributed by atoms with Gasteiger partial charge in [-0.15, -0.1) is 6.58 Å². The maximum absolute atomic E-state index is 14.6. The standard InChI is InChI=1S/C23H26F2/c1-3-5-7-20-14-19-13-12-18(15-21(19)23(25)22(20)24)17-10-8-16(6-4-2)9-11-17/h3-4,6,12-17H,1,5,7-11H2,2H3/b6-4+. The molecule has 3 rings (SSSR count). The van der Waals surface area contributed by atoms with E-state index in [0.29, 0.717) is 35.6 Å². The summed E-state index contributed by atoms with van der Waals surface area (Å²) in [7, 11) is 0. The monoisotopic (exact) mass is 340 g/mol. The van der Waals surface area contributed by atoms with Crippen LogP contribution in [0.3, 0.4) is 0 Å². The molecule has 0 radical (unpaired) electrons. The molecule has 2 aromatic carbocycles. The van der Waals surface area contributed by atoms with Crippen LogP contribution in [0.25, 0.3) is 10.8 Å². The van der Waals surface area contributed by atoms with Gasteiger partial charge in [0, 0.05) is 5.39 Å². The Morgan fingerprint density at radius 3 is 2.52 bits per heavy atom. The molecule has 25 heavy (non-hydrogen) atoms. The second kappa shape index (κ2) is 7.95. The van der Waals surface area contributed by atoms with E-state index in [4.69, 9.17) is 0 Å². The molecule has 0 N–H and O–H groups in total. The fourth-order valence-electron chi connectivity index (χ4n) is 4.01. The minimum absolute atomic E-state index is 0.410. The Morgan fingerprint density at radius 1 is 1.08 bits per heavy atom. The van der Waals surface area contributed by atoms with Gasteiger partial charge in [-0.05, 0) is 85.9 Å². The summed E-state index contributed by atoms with van der Waals surface area (Å²) in [6, 6.07) is 7.69. The molecule has 1 saturated carbocycles. The number of hydrogen-bond donors (Lipinski definition) is 0. The van der Waals surface area contributed by atoms with Gasteiger partial charge < -0.3 is 0 Å². The molecule has 0 amide bonds. The van der Waals surface area contributed by atoms with E-state index in [-0.39, 0.29) is 0 Å². The van der Waals surface area contributed by atoms with E-state index in [1.807, 2.05) is 12.1 Å². The van der Waals surface area contributed by atoms with Crippen molar-refractivity contribution >= 4 is 10.8 Å². The van der Waals surface area contributed by atoms with Crippen LogP contribution >= 0.6 is 0 Å². The van der Waals surface area contributed by atoms with Crippen molar-refractivity contribution in [2.45, 2.75) is 51.4 Å². The zero-order chi connectivity index (χ0) is 17.8. The van der Waals surface area contributed by atoms with Crippen molar-refractivity contribution in [3.63, 3.8) is 0 Å². The second-order valence-corrected chi connectivity index (χ2v) is 7.11. The first kappa shape index (κ1) is 17.8. The van der Waals surface area contributed by atoms with Gasteiger partial charge in [-0.1, -0.05) is 30.4 Å². The van der Waals surface area contributed by atoms with Gasteiger partial charge in [0.1, 0.15) is 0 Å². The molecule has 0 aliphatic heterocycles. The third-order valence-corrected chi connectivity index (χ3v) is 5.44. The Hall–Kier alpha value is -1.96. The number of hydrogen-bond acceptors (Lipinski definition) is 0. The number of benzene rings is 2. The molecule has 132 valence electrons. The summed E-state index contributed by atoms with van der Waals surface area (Å²) in [4.78, 5) is 0. The van der Waals surface area contributed by atoms with Gasteiger partial charge >= 0.3 is 0 Å². The highest BCUT2D eigenvalue weighted by atomic mass is 19.2. The fourth-order valence-corrected chi connectivity index (χ4v) is 4.01. The molecule has 1 aliphatic carbocycles. The molecule has 0 unspecified atom stereocenters. The number of fused-ring (bicyclic) bond motifs is 1. The molecule has 1 aliphatic rings. The van der Waals surface area contributed by atoms with Gasteiger partial charge in [0.15, 0.2) is 11.6 Å². The number of halogens is 2. The number of rotatable bonds is 5. The van der Waals surface area contributed by atoms with E-state index in [9.17, 15) is 8.78 Å². The quantitative estimate of drug-likeness (QED) is 0.510. The van der Waals surface area contributed by atoms with E-state index in [0.717, 1.165) is 23.8 Å². The van der Waals surface area contributed by atoms with Crippen LogP contribution < -0.4 is 0 Å².